The van der Waals surface area contributed by atoms with Crippen LogP contribution in [0.4, 0.5) is 0 Å². The number of carbonyl (C=O) groups is 1. The molecule has 1 amide bonds. The average Bonchev–Trinajstić information content (AvgIpc) is 3.28. The number of hydrogen-bond acceptors (Lipinski definition) is 4. The second kappa shape index (κ2) is 8.22. The van der Waals surface area contributed by atoms with Gasteiger partial charge in [-0.25, -0.2) is 0 Å². The fourth-order valence-corrected chi connectivity index (χ4v) is 4.03. The molecule has 6 nitrogen and oxygen atoms in total. The number of fused-ring (bicyclic) bond motifs is 1. The van der Waals surface area contributed by atoms with Crippen molar-refractivity contribution in [2.24, 2.45) is 5.92 Å². The Kier molecular flexibility index (Phi) is 5.48. The lowest BCUT2D eigenvalue weighted by Gasteiger charge is -2.28. The van der Waals surface area contributed by atoms with Crippen molar-refractivity contribution < 1.29 is 14.3 Å². The summed E-state index contributed by atoms with van der Waals surface area (Å²) in [7, 11) is 1.64. The van der Waals surface area contributed by atoms with Gasteiger partial charge in [-0.05, 0) is 54.8 Å². The maximum atomic E-state index is 13.3. The van der Waals surface area contributed by atoms with Gasteiger partial charge in [0.2, 0.25) is 0 Å². The second-order valence-electron chi connectivity index (χ2n) is 7.85. The van der Waals surface area contributed by atoms with Crippen molar-refractivity contribution in [2.45, 2.75) is 26.8 Å². The molecule has 0 spiro atoms. The molecule has 0 saturated carbocycles. The summed E-state index contributed by atoms with van der Waals surface area (Å²) < 4.78 is 11.0. The summed E-state index contributed by atoms with van der Waals surface area (Å²) in [5.41, 5.74) is 4.23. The van der Waals surface area contributed by atoms with E-state index in [9.17, 15) is 4.79 Å². The number of aromatic nitrogens is 2. The van der Waals surface area contributed by atoms with Crippen molar-refractivity contribution >= 4 is 5.91 Å². The first-order valence-corrected chi connectivity index (χ1v) is 10.3. The Labute approximate surface area is 176 Å². The van der Waals surface area contributed by atoms with Gasteiger partial charge in [-0.1, -0.05) is 26.0 Å². The monoisotopic (exact) mass is 405 g/mol. The molecule has 0 aliphatic carbocycles. The highest BCUT2D eigenvalue weighted by Crippen LogP contribution is 2.43. The summed E-state index contributed by atoms with van der Waals surface area (Å²) in [4.78, 5) is 15.2. The Balaban J connectivity index is 1.84. The van der Waals surface area contributed by atoms with Gasteiger partial charge in [0.15, 0.2) is 0 Å². The summed E-state index contributed by atoms with van der Waals surface area (Å²) in [5.74, 6) is 1.91. The van der Waals surface area contributed by atoms with E-state index in [1.807, 2.05) is 60.4 Å². The Morgan fingerprint density at radius 2 is 1.90 bits per heavy atom. The number of ether oxygens (including phenoxy) is 2. The molecule has 1 atom stereocenters. The molecule has 3 aromatic rings. The molecule has 1 N–H and O–H groups in total. The highest BCUT2D eigenvalue weighted by molar-refractivity contribution is 6.00. The van der Waals surface area contributed by atoms with E-state index in [1.54, 1.807) is 7.11 Å². The van der Waals surface area contributed by atoms with E-state index in [-0.39, 0.29) is 11.9 Å². The predicted octanol–water partition coefficient (Wildman–Crippen LogP) is 4.69. The van der Waals surface area contributed by atoms with Crippen LogP contribution in [-0.4, -0.2) is 41.3 Å². The molecule has 156 valence electrons. The number of carbonyl (C=O) groups excluding carboxylic acids is 1. The molecule has 6 heteroatoms. The lowest BCUT2D eigenvalue weighted by Crippen LogP contribution is -2.32. The van der Waals surface area contributed by atoms with Gasteiger partial charge in [-0.3, -0.25) is 9.89 Å². The largest absolute Gasteiger partial charge is 0.497 e. The van der Waals surface area contributed by atoms with E-state index in [1.165, 1.54) is 0 Å². The molecule has 2 aromatic carbocycles. The molecular formula is C24H27N3O3. The maximum absolute atomic E-state index is 13.3. The zero-order valence-electron chi connectivity index (χ0n) is 17.8. The first kappa shape index (κ1) is 20.0. The van der Waals surface area contributed by atoms with Crippen molar-refractivity contribution in [1.82, 2.24) is 15.1 Å². The van der Waals surface area contributed by atoms with Crippen molar-refractivity contribution in [3.05, 3.63) is 65.4 Å². The minimum Gasteiger partial charge on any atom is -0.497 e. The Morgan fingerprint density at radius 1 is 1.13 bits per heavy atom. The van der Waals surface area contributed by atoms with Crippen LogP contribution in [0.3, 0.4) is 0 Å². The minimum atomic E-state index is -0.217. The van der Waals surface area contributed by atoms with Gasteiger partial charge in [0.25, 0.3) is 5.91 Å². The van der Waals surface area contributed by atoms with Gasteiger partial charge in [-0.2, -0.15) is 5.10 Å². The van der Waals surface area contributed by atoms with Crippen LogP contribution in [0, 0.1) is 5.92 Å². The molecule has 1 aliphatic heterocycles. The van der Waals surface area contributed by atoms with Gasteiger partial charge < -0.3 is 14.4 Å². The van der Waals surface area contributed by atoms with Crippen LogP contribution in [0.1, 0.15) is 48.4 Å². The number of benzene rings is 2. The smallest absolute Gasteiger partial charge is 0.273 e. The number of amides is 1. The molecule has 1 unspecified atom stereocenters. The lowest BCUT2D eigenvalue weighted by atomic mass is 9.95. The number of rotatable bonds is 7. The molecule has 0 radical (unpaired) electrons. The van der Waals surface area contributed by atoms with Crippen molar-refractivity contribution in [3.63, 3.8) is 0 Å². The maximum Gasteiger partial charge on any atom is 0.273 e. The highest BCUT2D eigenvalue weighted by atomic mass is 16.5. The van der Waals surface area contributed by atoms with Crippen LogP contribution in [0.15, 0.2) is 48.5 Å². The lowest BCUT2D eigenvalue weighted by molar-refractivity contribution is 0.0722. The van der Waals surface area contributed by atoms with Crippen LogP contribution in [0.5, 0.6) is 11.5 Å². The van der Waals surface area contributed by atoms with Crippen LogP contribution in [-0.2, 0) is 0 Å². The highest BCUT2D eigenvalue weighted by Gasteiger charge is 2.42. The van der Waals surface area contributed by atoms with Gasteiger partial charge in [-0.15, -0.1) is 0 Å². The summed E-state index contributed by atoms with van der Waals surface area (Å²) in [6.07, 6.45) is 0. The van der Waals surface area contributed by atoms with Crippen LogP contribution in [0.25, 0.3) is 11.3 Å². The SMILES string of the molecule is CCOc1cccc(C2c3c(-c4ccc(OC)cc4)n[nH]c3C(=O)N2CC(C)C)c1. The summed E-state index contributed by atoms with van der Waals surface area (Å²) in [6.45, 7) is 7.46. The molecular weight excluding hydrogens is 378 g/mol. The zero-order valence-corrected chi connectivity index (χ0v) is 17.8. The van der Waals surface area contributed by atoms with Crippen LogP contribution >= 0.6 is 0 Å². The normalized spacial score (nSPS) is 15.6. The van der Waals surface area contributed by atoms with Crippen molar-refractivity contribution in [1.29, 1.82) is 0 Å². The van der Waals surface area contributed by atoms with E-state index >= 15 is 0 Å². The number of methoxy groups -OCH3 is 1. The van der Waals surface area contributed by atoms with Gasteiger partial charge in [0.1, 0.15) is 17.2 Å². The molecule has 1 aliphatic rings. The minimum absolute atomic E-state index is 0.0159. The molecule has 0 bridgehead atoms. The topological polar surface area (TPSA) is 67.5 Å². The van der Waals surface area contributed by atoms with Crippen molar-refractivity contribution in [2.75, 3.05) is 20.3 Å². The fraction of sp³-hybridized carbons (Fsp3) is 0.333. The Hall–Kier alpha value is -3.28. The van der Waals surface area contributed by atoms with Crippen molar-refractivity contribution in [3.8, 4) is 22.8 Å². The number of hydrogen-bond donors (Lipinski definition) is 1. The Bertz CT molecular complexity index is 1040. The van der Waals surface area contributed by atoms with Crippen LogP contribution < -0.4 is 9.47 Å². The average molecular weight is 405 g/mol. The fourth-order valence-electron chi connectivity index (χ4n) is 4.03. The number of H-pyrrole nitrogens is 1. The molecule has 4 rings (SSSR count). The quantitative estimate of drug-likeness (QED) is 0.619. The third-order valence-corrected chi connectivity index (χ3v) is 5.27. The van der Waals surface area contributed by atoms with Crippen LogP contribution in [0.2, 0.25) is 0 Å². The number of aromatic amines is 1. The van der Waals surface area contributed by atoms with E-state index in [0.717, 1.165) is 33.9 Å². The van der Waals surface area contributed by atoms with E-state index in [4.69, 9.17) is 9.47 Å². The number of nitrogens with one attached hydrogen (secondary N) is 1. The first-order chi connectivity index (χ1) is 14.5. The van der Waals surface area contributed by atoms with E-state index < -0.39 is 0 Å². The second-order valence-corrected chi connectivity index (χ2v) is 7.85. The molecule has 1 aromatic heterocycles. The standard InChI is InChI=1S/C24H27N3O3/c1-5-30-19-8-6-7-17(13-19)23-20-21(16-9-11-18(29-4)12-10-16)25-26-22(20)24(28)27(23)14-15(2)3/h6-13,15,23H,5,14H2,1-4H3,(H,25,26). The summed E-state index contributed by atoms with van der Waals surface area (Å²) >= 11 is 0. The molecule has 30 heavy (non-hydrogen) atoms. The summed E-state index contributed by atoms with van der Waals surface area (Å²) in [6, 6.07) is 15.5. The molecule has 2 heterocycles. The third-order valence-electron chi connectivity index (χ3n) is 5.27. The number of nitrogens with zero attached hydrogens (tertiary/aromatic N) is 2. The Morgan fingerprint density at radius 3 is 2.57 bits per heavy atom. The molecule has 0 fully saturated rings. The van der Waals surface area contributed by atoms with Gasteiger partial charge in [0.05, 0.1) is 25.5 Å². The first-order valence-electron chi connectivity index (χ1n) is 10.3. The predicted molar refractivity (Wildman–Crippen MR) is 116 cm³/mol. The zero-order chi connectivity index (χ0) is 21.3. The van der Waals surface area contributed by atoms with E-state index in [2.05, 4.69) is 24.0 Å². The van der Waals surface area contributed by atoms with E-state index in [0.29, 0.717) is 24.8 Å². The summed E-state index contributed by atoms with van der Waals surface area (Å²) in [5, 5.41) is 7.52. The third kappa shape index (κ3) is 3.54. The van der Waals surface area contributed by atoms with Gasteiger partial charge >= 0.3 is 0 Å². The van der Waals surface area contributed by atoms with Gasteiger partial charge in [0, 0.05) is 17.7 Å². The molecule has 0 saturated heterocycles.